The van der Waals surface area contributed by atoms with E-state index in [2.05, 4.69) is 9.97 Å². The Bertz CT molecular complexity index is 716. The van der Waals surface area contributed by atoms with Crippen LogP contribution in [0, 0.1) is 25.2 Å². The zero-order valence-corrected chi connectivity index (χ0v) is 12.8. The van der Waals surface area contributed by atoms with Gasteiger partial charge in [-0.2, -0.15) is 18.4 Å². The predicted octanol–water partition coefficient (Wildman–Crippen LogP) is 3.58. The lowest BCUT2D eigenvalue weighted by atomic mass is 10.1. The van der Waals surface area contributed by atoms with E-state index in [0.29, 0.717) is 12.3 Å². The van der Waals surface area contributed by atoms with E-state index in [9.17, 15) is 13.2 Å². The Morgan fingerprint density at radius 1 is 1.36 bits per heavy atom. The standard InChI is InChI=1S/C14H13F3N4S/c1-9-7-12(14(15,16)17)11(8-18)13(20-9)22-6-5-21-4-3-19-10(21)2/h3-4,7H,5-6H2,1-2H3. The van der Waals surface area contributed by atoms with Crippen molar-refractivity contribution in [2.24, 2.45) is 0 Å². The van der Waals surface area contributed by atoms with E-state index < -0.39 is 17.3 Å². The van der Waals surface area contributed by atoms with Gasteiger partial charge in [-0.1, -0.05) is 0 Å². The van der Waals surface area contributed by atoms with Crippen molar-refractivity contribution in [3.8, 4) is 6.07 Å². The quantitative estimate of drug-likeness (QED) is 0.806. The summed E-state index contributed by atoms with van der Waals surface area (Å²) in [5, 5.41) is 9.18. The molecule has 0 atom stereocenters. The summed E-state index contributed by atoms with van der Waals surface area (Å²) in [6.07, 6.45) is -1.10. The Morgan fingerprint density at radius 3 is 2.64 bits per heavy atom. The van der Waals surface area contributed by atoms with Crippen molar-refractivity contribution in [2.45, 2.75) is 31.6 Å². The van der Waals surface area contributed by atoms with Gasteiger partial charge < -0.3 is 4.57 Å². The number of hydrogen-bond donors (Lipinski definition) is 0. The molecular weight excluding hydrogens is 313 g/mol. The molecule has 0 aliphatic rings. The van der Waals surface area contributed by atoms with Crippen molar-refractivity contribution in [2.75, 3.05) is 5.75 Å². The molecule has 0 fully saturated rings. The molecule has 0 spiro atoms. The van der Waals surface area contributed by atoms with E-state index in [1.807, 2.05) is 11.5 Å². The third kappa shape index (κ3) is 3.60. The normalized spacial score (nSPS) is 11.5. The van der Waals surface area contributed by atoms with Crippen molar-refractivity contribution in [1.82, 2.24) is 14.5 Å². The summed E-state index contributed by atoms with van der Waals surface area (Å²) in [7, 11) is 0. The first kappa shape index (κ1) is 16.4. The first-order valence-corrected chi connectivity index (χ1v) is 7.41. The molecule has 0 amide bonds. The van der Waals surface area contributed by atoms with Gasteiger partial charge in [0.25, 0.3) is 0 Å². The smallest absolute Gasteiger partial charge is 0.334 e. The Morgan fingerprint density at radius 2 is 2.09 bits per heavy atom. The lowest BCUT2D eigenvalue weighted by Crippen LogP contribution is -2.11. The van der Waals surface area contributed by atoms with Gasteiger partial charge in [0, 0.05) is 30.4 Å². The van der Waals surface area contributed by atoms with E-state index in [4.69, 9.17) is 5.26 Å². The maximum Gasteiger partial charge on any atom is 0.417 e. The summed E-state index contributed by atoms with van der Waals surface area (Å²) in [6.45, 7) is 3.91. The highest BCUT2D eigenvalue weighted by Crippen LogP contribution is 2.35. The maximum absolute atomic E-state index is 13.0. The van der Waals surface area contributed by atoms with Gasteiger partial charge in [-0.15, -0.1) is 11.8 Å². The molecular formula is C14H13F3N4S. The zero-order chi connectivity index (χ0) is 16.3. The number of alkyl halides is 3. The van der Waals surface area contributed by atoms with Gasteiger partial charge in [-0.3, -0.25) is 0 Å². The molecule has 4 nitrogen and oxygen atoms in total. The second-order valence-electron chi connectivity index (χ2n) is 4.62. The topological polar surface area (TPSA) is 54.5 Å². The number of pyridine rings is 1. The van der Waals surface area contributed by atoms with Gasteiger partial charge in [0.2, 0.25) is 0 Å². The van der Waals surface area contributed by atoms with Crippen LogP contribution in [0.3, 0.4) is 0 Å². The number of imidazole rings is 1. The van der Waals surface area contributed by atoms with E-state index >= 15 is 0 Å². The number of aromatic nitrogens is 3. The van der Waals surface area contributed by atoms with Crippen molar-refractivity contribution >= 4 is 11.8 Å². The van der Waals surface area contributed by atoms with Gasteiger partial charge in [0.1, 0.15) is 16.9 Å². The SMILES string of the molecule is Cc1cc(C(F)(F)F)c(C#N)c(SCCn2ccnc2C)n1. The van der Waals surface area contributed by atoms with Crippen LogP contribution in [-0.2, 0) is 12.7 Å². The van der Waals surface area contributed by atoms with Gasteiger partial charge >= 0.3 is 6.18 Å². The molecule has 2 rings (SSSR count). The van der Waals surface area contributed by atoms with Crippen LogP contribution >= 0.6 is 11.8 Å². The van der Waals surface area contributed by atoms with Crippen molar-refractivity contribution < 1.29 is 13.2 Å². The zero-order valence-electron chi connectivity index (χ0n) is 12.0. The predicted molar refractivity (Wildman–Crippen MR) is 76.4 cm³/mol. The minimum Gasteiger partial charge on any atom is -0.334 e. The molecule has 0 bridgehead atoms. The third-order valence-corrected chi connectivity index (χ3v) is 3.98. The van der Waals surface area contributed by atoms with Crippen LogP contribution in [0.1, 0.15) is 22.6 Å². The summed E-state index contributed by atoms with van der Waals surface area (Å²) >= 11 is 1.14. The molecule has 0 N–H and O–H groups in total. The van der Waals surface area contributed by atoms with E-state index in [1.54, 1.807) is 18.5 Å². The highest BCUT2D eigenvalue weighted by atomic mass is 32.2. The second kappa shape index (κ2) is 6.40. The molecule has 0 aromatic carbocycles. The number of aryl methyl sites for hydroxylation is 3. The average molecular weight is 326 g/mol. The fourth-order valence-corrected chi connectivity index (χ4v) is 2.95. The van der Waals surface area contributed by atoms with Crippen LogP contribution in [0.4, 0.5) is 13.2 Å². The van der Waals surface area contributed by atoms with E-state index in [-0.39, 0.29) is 10.7 Å². The second-order valence-corrected chi connectivity index (χ2v) is 5.70. The molecule has 0 aliphatic carbocycles. The third-order valence-electron chi connectivity index (χ3n) is 3.03. The number of rotatable bonds is 4. The Labute approximate surface area is 130 Å². The summed E-state index contributed by atoms with van der Waals surface area (Å²) in [5.41, 5.74) is -1.10. The van der Waals surface area contributed by atoms with Gasteiger partial charge in [0.15, 0.2) is 0 Å². The highest BCUT2D eigenvalue weighted by Gasteiger charge is 2.35. The summed E-state index contributed by atoms with van der Waals surface area (Å²) in [4.78, 5) is 8.15. The molecule has 0 saturated heterocycles. The molecule has 0 aliphatic heterocycles. The summed E-state index contributed by atoms with van der Waals surface area (Å²) in [5.74, 6) is 1.33. The Hall–Kier alpha value is -2.01. The Balaban J connectivity index is 2.22. The molecule has 0 saturated carbocycles. The number of nitriles is 1. The van der Waals surface area contributed by atoms with Crippen LogP contribution in [0.5, 0.6) is 0 Å². The van der Waals surface area contributed by atoms with Crippen LogP contribution < -0.4 is 0 Å². The lowest BCUT2D eigenvalue weighted by Gasteiger charge is -2.13. The van der Waals surface area contributed by atoms with Crippen LogP contribution in [0.2, 0.25) is 0 Å². The monoisotopic (exact) mass is 326 g/mol. The van der Waals surface area contributed by atoms with Crippen LogP contribution in [0.15, 0.2) is 23.5 Å². The molecule has 2 heterocycles. The maximum atomic E-state index is 13.0. The molecule has 8 heteroatoms. The molecule has 116 valence electrons. The molecule has 2 aromatic heterocycles. The fraction of sp³-hybridized carbons (Fsp3) is 0.357. The number of nitrogens with zero attached hydrogens (tertiary/aromatic N) is 4. The first-order chi connectivity index (χ1) is 10.3. The van der Waals surface area contributed by atoms with E-state index in [0.717, 1.165) is 23.7 Å². The highest BCUT2D eigenvalue weighted by molar-refractivity contribution is 7.99. The largest absolute Gasteiger partial charge is 0.417 e. The van der Waals surface area contributed by atoms with Crippen molar-refractivity contribution in [3.63, 3.8) is 0 Å². The van der Waals surface area contributed by atoms with Gasteiger partial charge in [-0.05, 0) is 19.9 Å². The Kier molecular flexibility index (Phi) is 4.76. The van der Waals surface area contributed by atoms with Crippen LogP contribution in [-0.4, -0.2) is 20.3 Å². The lowest BCUT2D eigenvalue weighted by molar-refractivity contribution is -0.138. The van der Waals surface area contributed by atoms with Crippen LogP contribution in [0.25, 0.3) is 0 Å². The molecule has 2 aromatic rings. The van der Waals surface area contributed by atoms with Crippen molar-refractivity contribution in [1.29, 1.82) is 5.26 Å². The van der Waals surface area contributed by atoms with Gasteiger partial charge in [-0.25, -0.2) is 9.97 Å². The van der Waals surface area contributed by atoms with Gasteiger partial charge in [0.05, 0.1) is 11.1 Å². The first-order valence-electron chi connectivity index (χ1n) is 6.42. The number of hydrogen-bond acceptors (Lipinski definition) is 4. The minimum absolute atomic E-state index is 0.118. The van der Waals surface area contributed by atoms with Crippen molar-refractivity contribution in [3.05, 3.63) is 41.1 Å². The number of thioether (sulfide) groups is 1. The number of halogens is 3. The fourth-order valence-electron chi connectivity index (χ4n) is 1.96. The average Bonchev–Trinajstić information content (AvgIpc) is 2.83. The molecule has 22 heavy (non-hydrogen) atoms. The van der Waals surface area contributed by atoms with E-state index in [1.165, 1.54) is 6.92 Å². The summed E-state index contributed by atoms with van der Waals surface area (Å²) < 4.78 is 40.9. The molecule has 0 unspecified atom stereocenters. The molecule has 0 radical (unpaired) electrons. The minimum atomic E-state index is -4.56. The summed E-state index contributed by atoms with van der Waals surface area (Å²) in [6, 6.07) is 2.54.